The van der Waals surface area contributed by atoms with Crippen LogP contribution in [0.5, 0.6) is 0 Å². The van der Waals surface area contributed by atoms with Gasteiger partial charge < -0.3 is 15.1 Å². The highest BCUT2D eigenvalue weighted by Gasteiger charge is 2.26. The van der Waals surface area contributed by atoms with Gasteiger partial charge in [0.15, 0.2) is 6.54 Å². The van der Waals surface area contributed by atoms with Gasteiger partial charge in [0.1, 0.15) is 0 Å². The molecule has 1 aromatic heterocycles. The van der Waals surface area contributed by atoms with Crippen molar-refractivity contribution in [3.63, 3.8) is 0 Å². The Morgan fingerprint density at radius 2 is 1.92 bits per heavy atom. The predicted molar refractivity (Wildman–Crippen MR) is 101 cm³/mol. The molecule has 0 radical (unpaired) electrons. The first-order chi connectivity index (χ1) is 12.0. The van der Waals surface area contributed by atoms with E-state index in [0.717, 1.165) is 22.8 Å². The molecule has 132 valence electrons. The topological polar surface area (TPSA) is 53.9 Å². The Labute approximate surface area is 156 Å². The number of piperazine rings is 1. The summed E-state index contributed by atoms with van der Waals surface area (Å²) in [7, 11) is 0. The van der Waals surface area contributed by atoms with Gasteiger partial charge in [-0.2, -0.15) is 0 Å². The van der Waals surface area contributed by atoms with Crippen LogP contribution >= 0.6 is 22.9 Å². The number of carbonyl (C=O) groups excluding carboxylic acids is 2. The Morgan fingerprint density at radius 3 is 2.56 bits per heavy atom. The van der Waals surface area contributed by atoms with Crippen LogP contribution in [0.1, 0.15) is 14.5 Å². The Hall–Kier alpha value is -1.89. The number of rotatable bonds is 4. The van der Waals surface area contributed by atoms with Crippen molar-refractivity contribution in [1.82, 2.24) is 4.90 Å². The highest BCUT2D eigenvalue weighted by Crippen LogP contribution is 2.20. The normalized spacial score (nSPS) is 15.2. The lowest BCUT2D eigenvalue weighted by atomic mass is 10.2. The number of benzene rings is 1. The molecule has 1 fully saturated rings. The minimum absolute atomic E-state index is 0.0586. The standard InChI is InChI=1S/C18H20ClN3O2S/c1-13-6-7-16(25-13)18(24)22-10-8-21(9-11-22)12-17(23)20-15-5-3-2-4-14(15)19/h2-7H,8-12H2,1H3,(H,20,23)/p+1. The summed E-state index contributed by atoms with van der Waals surface area (Å²) in [4.78, 5) is 29.6. The van der Waals surface area contributed by atoms with Gasteiger partial charge in [0.05, 0.1) is 41.8 Å². The molecule has 2 aromatic rings. The summed E-state index contributed by atoms with van der Waals surface area (Å²) in [6.45, 7) is 5.26. The molecule has 1 aliphatic heterocycles. The van der Waals surface area contributed by atoms with Crippen LogP contribution in [-0.2, 0) is 4.79 Å². The summed E-state index contributed by atoms with van der Waals surface area (Å²) in [5, 5.41) is 3.38. The van der Waals surface area contributed by atoms with E-state index in [1.807, 2.05) is 36.1 Å². The zero-order valence-electron chi connectivity index (χ0n) is 14.0. The van der Waals surface area contributed by atoms with Crippen LogP contribution in [0, 0.1) is 6.92 Å². The van der Waals surface area contributed by atoms with Crippen molar-refractivity contribution in [3.8, 4) is 0 Å². The number of thiophene rings is 1. The fourth-order valence-electron chi connectivity index (χ4n) is 2.89. The lowest BCUT2D eigenvalue weighted by Gasteiger charge is -2.31. The van der Waals surface area contributed by atoms with Crippen molar-refractivity contribution >= 4 is 40.4 Å². The van der Waals surface area contributed by atoms with Crippen LogP contribution in [0.4, 0.5) is 5.69 Å². The number of hydrogen-bond acceptors (Lipinski definition) is 3. The highest BCUT2D eigenvalue weighted by molar-refractivity contribution is 7.13. The smallest absolute Gasteiger partial charge is 0.279 e. The number of carbonyl (C=O) groups is 2. The Kier molecular flexibility index (Phi) is 5.73. The van der Waals surface area contributed by atoms with E-state index in [9.17, 15) is 9.59 Å². The van der Waals surface area contributed by atoms with Crippen LogP contribution in [0.25, 0.3) is 0 Å². The molecule has 5 nitrogen and oxygen atoms in total. The van der Waals surface area contributed by atoms with Gasteiger partial charge in [-0.1, -0.05) is 23.7 Å². The molecule has 1 aliphatic rings. The number of nitrogens with zero attached hydrogens (tertiary/aromatic N) is 1. The van der Waals surface area contributed by atoms with E-state index >= 15 is 0 Å². The molecule has 0 atom stereocenters. The van der Waals surface area contributed by atoms with Crippen LogP contribution in [0.3, 0.4) is 0 Å². The maximum absolute atomic E-state index is 12.5. The fourth-order valence-corrected chi connectivity index (χ4v) is 3.91. The Bertz CT molecular complexity index is 769. The summed E-state index contributed by atoms with van der Waals surface area (Å²) < 4.78 is 0. The molecular formula is C18H21ClN3O2S+. The lowest BCUT2D eigenvalue weighted by molar-refractivity contribution is -0.895. The van der Waals surface area contributed by atoms with Crippen molar-refractivity contribution in [2.24, 2.45) is 0 Å². The molecule has 2 N–H and O–H groups in total. The molecule has 1 saturated heterocycles. The molecule has 2 heterocycles. The van der Waals surface area contributed by atoms with Crippen molar-refractivity contribution in [2.45, 2.75) is 6.92 Å². The third kappa shape index (κ3) is 4.60. The molecule has 0 aliphatic carbocycles. The second-order valence-electron chi connectivity index (χ2n) is 6.16. The number of para-hydroxylation sites is 1. The monoisotopic (exact) mass is 378 g/mol. The van der Waals surface area contributed by atoms with Gasteiger partial charge in [-0.25, -0.2) is 0 Å². The maximum Gasteiger partial charge on any atom is 0.279 e. The average Bonchev–Trinajstić information content (AvgIpc) is 3.03. The van der Waals surface area contributed by atoms with Gasteiger partial charge in [-0.05, 0) is 31.2 Å². The van der Waals surface area contributed by atoms with E-state index in [4.69, 9.17) is 11.6 Å². The molecule has 25 heavy (non-hydrogen) atoms. The molecule has 2 amide bonds. The van der Waals surface area contributed by atoms with Crippen LogP contribution in [-0.4, -0.2) is 49.4 Å². The van der Waals surface area contributed by atoms with Crippen LogP contribution in [0.2, 0.25) is 5.02 Å². The quantitative estimate of drug-likeness (QED) is 0.850. The lowest BCUT2D eigenvalue weighted by Crippen LogP contribution is -3.15. The first-order valence-electron chi connectivity index (χ1n) is 8.26. The zero-order chi connectivity index (χ0) is 17.8. The van der Waals surface area contributed by atoms with Crippen molar-refractivity contribution in [1.29, 1.82) is 0 Å². The van der Waals surface area contributed by atoms with Crippen LogP contribution < -0.4 is 10.2 Å². The summed E-state index contributed by atoms with van der Waals surface area (Å²) in [6, 6.07) is 11.1. The minimum Gasteiger partial charge on any atom is -0.327 e. The summed E-state index contributed by atoms with van der Waals surface area (Å²) in [5.41, 5.74) is 0.635. The van der Waals surface area contributed by atoms with Crippen molar-refractivity contribution in [2.75, 3.05) is 38.0 Å². The molecule has 0 saturated carbocycles. The Balaban J connectivity index is 1.48. The number of nitrogens with one attached hydrogen (secondary N) is 2. The number of quaternary nitrogens is 1. The largest absolute Gasteiger partial charge is 0.327 e. The highest BCUT2D eigenvalue weighted by atomic mass is 35.5. The van der Waals surface area contributed by atoms with Gasteiger partial charge in [-0.15, -0.1) is 11.3 Å². The molecule has 0 unspecified atom stereocenters. The second kappa shape index (κ2) is 7.99. The summed E-state index contributed by atoms with van der Waals surface area (Å²) in [5.74, 6) is 0.0365. The third-order valence-corrected chi connectivity index (χ3v) is 5.59. The van der Waals surface area contributed by atoms with Gasteiger partial charge in [0, 0.05) is 4.88 Å². The van der Waals surface area contributed by atoms with Gasteiger partial charge in [0.25, 0.3) is 11.8 Å². The summed E-state index contributed by atoms with van der Waals surface area (Å²) in [6.07, 6.45) is 0. The van der Waals surface area contributed by atoms with E-state index in [1.54, 1.807) is 12.1 Å². The molecule has 1 aromatic carbocycles. The summed E-state index contributed by atoms with van der Waals surface area (Å²) >= 11 is 7.59. The van der Waals surface area contributed by atoms with E-state index in [2.05, 4.69) is 5.32 Å². The van der Waals surface area contributed by atoms with Crippen LogP contribution in [0.15, 0.2) is 36.4 Å². The first-order valence-corrected chi connectivity index (χ1v) is 9.46. The zero-order valence-corrected chi connectivity index (χ0v) is 15.6. The minimum atomic E-state index is -0.0586. The number of aryl methyl sites for hydroxylation is 1. The number of amides is 2. The Morgan fingerprint density at radius 1 is 1.20 bits per heavy atom. The SMILES string of the molecule is Cc1ccc(C(=O)N2CC[NH+](CC(=O)Nc3ccccc3Cl)CC2)s1. The van der Waals surface area contributed by atoms with Crippen molar-refractivity contribution in [3.05, 3.63) is 51.2 Å². The van der Waals surface area contributed by atoms with Gasteiger partial charge >= 0.3 is 0 Å². The first kappa shape index (κ1) is 17.9. The second-order valence-corrected chi connectivity index (χ2v) is 7.85. The van der Waals surface area contributed by atoms with E-state index in [-0.39, 0.29) is 11.8 Å². The fraction of sp³-hybridized carbons (Fsp3) is 0.333. The molecular weight excluding hydrogens is 358 g/mol. The van der Waals surface area contributed by atoms with E-state index < -0.39 is 0 Å². The number of halogens is 1. The molecule has 0 spiro atoms. The third-order valence-electron chi connectivity index (χ3n) is 4.27. The average molecular weight is 379 g/mol. The predicted octanol–water partition coefficient (Wildman–Crippen LogP) is 1.69. The number of hydrogen-bond donors (Lipinski definition) is 2. The van der Waals surface area contributed by atoms with E-state index in [1.165, 1.54) is 16.2 Å². The molecule has 3 rings (SSSR count). The van der Waals surface area contributed by atoms with Crippen molar-refractivity contribution < 1.29 is 14.5 Å². The van der Waals surface area contributed by atoms with E-state index in [0.29, 0.717) is 30.3 Å². The maximum atomic E-state index is 12.5. The van der Waals surface area contributed by atoms with Gasteiger partial charge in [-0.3, -0.25) is 9.59 Å². The molecule has 7 heteroatoms. The van der Waals surface area contributed by atoms with Gasteiger partial charge in [0.2, 0.25) is 0 Å². The number of anilines is 1. The molecule has 0 bridgehead atoms.